The molecule has 0 bridgehead atoms. The molecule has 3 fully saturated rings. The number of esters is 1. The van der Waals surface area contributed by atoms with Crippen LogP contribution in [0, 0.1) is 0 Å². The molecule has 0 radical (unpaired) electrons. The second-order valence-electron chi connectivity index (χ2n) is 15.4. The van der Waals surface area contributed by atoms with Crippen molar-refractivity contribution in [2.45, 2.75) is 81.1 Å². The second-order valence-corrected chi connectivity index (χ2v) is 15.4. The number of amides is 3. The van der Waals surface area contributed by atoms with E-state index in [1.165, 1.54) is 6.33 Å². The Morgan fingerprint density at radius 1 is 0.966 bits per heavy atom. The Morgan fingerprint density at radius 3 is 2.28 bits per heavy atom. The van der Waals surface area contributed by atoms with Crippen molar-refractivity contribution >= 4 is 40.8 Å². The van der Waals surface area contributed by atoms with E-state index < -0.39 is 42.3 Å². The summed E-state index contributed by atoms with van der Waals surface area (Å²) in [6, 6.07) is 17.9. The second kappa shape index (κ2) is 17.2. The first kappa shape index (κ1) is 40.7. The third kappa shape index (κ3) is 8.82. The summed E-state index contributed by atoms with van der Waals surface area (Å²) in [5.41, 5.74) is 2.75. The van der Waals surface area contributed by atoms with E-state index in [-0.39, 0.29) is 36.5 Å². The van der Waals surface area contributed by atoms with Gasteiger partial charge in [0.1, 0.15) is 6.10 Å². The first-order valence-electron chi connectivity index (χ1n) is 19.6. The molecule has 2 aromatic carbocycles. The predicted octanol–water partition coefficient (Wildman–Crippen LogP) is 3.67. The van der Waals surface area contributed by atoms with E-state index in [9.17, 15) is 32.7 Å². The van der Waals surface area contributed by atoms with E-state index in [0.717, 1.165) is 17.5 Å². The van der Waals surface area contributed by atoms with Gasteiger partial charge in [0.15, 0.2) is 23.1 Å². The summed E-state index contributed by atoms with van der Waals surface area (Å²) in [4.78, 5) is 58.1. The minimum Gasteiger partial charge on any atom is -0.451 e. The SMILES string of the molecule is CCC(=O)N[C@H]1C[C@@H](n2cnc3c(NCC(c4ccccc4)c4ccccc4)nc(N4CC[C@@H](NC(=O)N5CC[C@@H](N(C)C)C5)C4)nc32)[C@H](O)[C@@H]1OC(=O)C(F)(F)F. The number of ether oxygens (including phenoxy) is 1. The van der Waals surface area contributed by atoms with Crippen LogP contribution in [0.2, 0.25) is 0 Å². The summed E-state index contributed by atoms with van der Waals surface area (Å²) in [6.07, 6.45) is -5.77. The van der Waals surface area contributed by atoms with Crippen molar-refractivity contribution in [3.8, 4) is 0 Å². The number of hydrogen-bond donors (Lipinski definition) is 4. The molecule has 4 N–H and O–H groups in total. The average molecular weight is 807 g/mol. The first-order chi connectivity index (χ1) is 27.8. The van der Waals surface area contributed by atoms with Crippen LogP contribution in [0.25, 0.3) is 11.2 Å². The van der Waals surface area contributed by atoms with Crippen molar-refractivity contribution in [1.29, 1.82) is 0 Å². The molecule has 4 heterocycles. The number of rotatable bonds is 12. The van der Waals surface area contributed by atoms with Gasteiger partial charge in [0.2, 0.25) is 11.9 Å². The summed E-state index contributed by atoms with van der Waals surface area (Å²) in [7, 11) is 4.01. The van der Waals surface area contributed by atoms with Crippen molar-refractivity contribution in [2.24, 2.45) is 0 Å². The molecule has 3 amide bonds. The molecule has 4 aromatic rings. The molecule has 1 saturated carbocycles. The fourth-order valence-electron chi connectivity index (χ4n) is 8.14. The van der Waals surface area contributed by atoms with Gasteiger partial charge in [-0.25, -0.2) is 14.6 Å². The van der Waals surface area contributed by atoms with Crippen LogP contribution >= 0.6 is 0 Å². The molecule has 2 saturated heterocycles. The Labute approximate surface area is 333 Å². The number of nitrogens with zero attached hydrogens (tertiary/aromatic N) is 7. The van der Waals surface area contributed by atoms with Crippen LogP contribution in [0.4, 0.5) is 29.7 Å². The molecule has 2 aliphatic heterocycles. The maximum Gasteiger partial charge on any atom is 0.490 e. The average Bonchev–Trinajstić information content (AvgIpc) is 4.03. The number of aliphatic hydroxyl groups is 1. The zero-order valence-electron chi connectivity index (χ0n) is 32.6. The van der Waals surface area contributed by atoms with Gasteiger partial charge in [-0.15, -0.1) is 0 Å². The van der Waals surface area contributed by atoms with Gasteiger partial charge in [-0.2, -0.15) is 23.1 Å². The normalized spacial score (nSPS) is 23.5. The minimum atomic E-state index is -5.31. The monoisotopic (exact) mass is 806 g/mol. The molecule has 3 aliphatic rings. The first-order valence-corrected chi connectivity index (χ1v) is 19.6. The molecule has 7 rings (SSSR count). The Balaban J connectivity index is 1.20. The van der Waals surface area contributed by atoms with Gasteiger partial charge in [-0.3, -0.25) is 4.79 Å². The number of fused-ring (bicyclic) bond motifs is 1. The zero-order valence-corrected chi connectivity index (χ0v) is 32.6. The summed E-state index contributed by atoms with van der Waals surface area (Å²) >= 11 is 0. The van der Waals surface area contributed by atoms with Crippen LogP contribution in [-0.2, 0) is 14.3 Å². The predicted molar refractivity (Wildman–Crippen MR) is 209 cm³/mol. The quantitative estimate of drug-likeness (QED) is 0.154. The lowest BCUT2D eigenvalue weighted by molar-refractivity contribution is -0.209. The number of alkyl halides is 3. The highest BCUT2D eigenvalue weighted by molar-refractivity contribution is 5.85. The molecule has 2 aromatic heterocycles. The molecule has 0 unspecified atom stereocenters. The molecule has 18 heteroatoms. The lowest BCUT2D eigenvalue weighted by Gasteiger charge is -2.24. The number of carbonyl (C=O) groups is 3. The Bertz CT molecular complexity index is 2030. The van der Waals surface area contributed by atoms with Gasteiger partial charge in [-0.05, 0) is 44.5 Å². The highest BCUT2D eigenvalue weighted by atomic mass is 19.4. The number of halogens is 3. The molecule has 0 spiro atoms. The number of likely N-dealkylation sites (tertiary alicyclic amines) is 1. The number of imidazole rings is 1. The number of carbonyl (C=O) groups excluding carboxylic acids is 3. The van der Waals surface area contributed by atoms with E-state index >= 15 is 0 Å². The molecular weight excluding hydrogens is 757 g/mol. The smallest absolute Gasteiger partial charge is 0.451 e. The van der Waals surface area contributed by atoms with Crippen LogP contribution in [0.3, 0.4) is 0 Å². The maximum absolute atomic E-state index is 13.4. The molecule has 1 aliphatic carbocycles. The summed E-state index contributed by atoms with van der Waals surface area (Å²) in [6.45, 7) is 4.23. The van der Waals surface area contributed by atoms with Gasteiger partial charge < -0.3 is 45.1 Å². The van der Waals surface area contributed by atoms with Crippen molar-refractivity contribution in [3.05, 3.63) is 78.1 Å². The molecule has 6 atom stereocenters. The fraction of sp³-hybridized carbons (Fsp3) is 0.500. The van der Waals surface area contributed by atoms with E-state index in [2.05, 4.69) is 25.8 Å². The number of nitrogens with one attached hydrogen (secondary N) is 3. The van der Waals surface area contributed by atoms with Crippen LogP contribution in [0.1, 0.15) is 55.7 Å². The lowest BCUT2D eigenvalue weighted by atomic mass is 9.91. The molecule has 15 nitrogen and oxygen atoms in total. The molecule has 310 valence electrons. The number of benzene rings is 2. The standard InChI is InChI=1S/C40H49F3N10O5/c1-4-31(54)47-29-19-30(33(55)34(29)58-37(56)40(41,42)43)53-23-45-32-35(44-20-28(24-11-7-5-8-12-24)25-13-9-6-10-14-25)48-38(49-36(32)53)51-17-15-26(21-51)46-39(57)52-18-16-27(22-52)50(2)3/h5-14,23,26-30,33-34,55H,4,15-22H2,1-3H3,(H,46,57)(H,47,54)(H,44,48,49)/t26-,27-,29+,30-,33+,34-/m1/s1. The van der Waals surface area contributed by atoms with Gasteiger partial charge >= 0.3 is 18.2 Å². The highest BCUT2D eigenvalue weighted by Gasteiger charge is 2.51. The van der Waals surface area contributed by atoms with Gasteiger partial charge in [0, 0.05) is 57.1 Å². The Hall–Kier alpha value is -5.49. The third-order valence-corrected chi connectivity index (χ3v) is 11.4. The zero-order chi connectivity index (χ0) is 41.1. The number of aliphatic hydroxyl groups excluding tert-OH is 1. The van der Waals surface area contributed by atoms with Gasteiger partial charge in [0.25, 0.3) is 0 Å². The third-order valence-electron chi connectivity index (χ3n) is 11.4. The highest BCUT2D eigenvalue weighted by Crippen LogP contribution is 2.38. The van der Waals surface area contributed by atoms with E-state index in [0.29, 0.717) is 62.5 Å². The van der Waals surface area contributed by atoms with Crippen molar-refractivity contribution in [2.75, 3.05) is 57.0 Å². The van der Waals surface area contributed by atoms with E-state index in [1.807, 2.05) is 84.6 Å². The summed E-state index contributed by atoms with van der Waals surface area (Å²) in [5, 5.41) is 20.8. The lowest BCUT2D eigenvalue weighted by Crippen LogP contribution is -2.47. The Morgan fingerprint density at radius 2 is 1.66 bits per heavy atom. The van der Waals surface area contributed by atoms with Crippen LogP contribution in [-0.4, -0.2) is 136 Å². The molecular formula is C40H49F3N10O5. The Kier molecular flexibility index (Phi) is 12.0. The van der Waals surface area contributed by atoms with Crippen molar-refractivity contribution < 1.29 is 37.4 Å². The minimum absolute atomic E-state index is 0.0235. The molecule has 58 heavy (non-hydrogen) atoms. The van der Waals surface area contributed by atoms with Crippen molar-refractivity contribution in [1.82, 2.24) is 40.0 Å². The number of likely N-dealkylation sites (N-methyl/N-ethyl adjacent to an activating group) is 1. The van der Waals surface area contributed by atoms with Crippen LogP contribution in [0.5, 0.6) is 0 Å². The van der Waals surface area contributed by atoms with Crippen molar-refractivity contribution in [3.63, 3.8) is 0 Å². The number of aromatic nitrogens is 4. The van der Waals surface area contributed by atoms with Gasteiger partial charge in [-0.1, -0.05) is 67.6 Å². The van der Waals surface area contributed by atoms with Crippen LogP contribution < -0.4 is 20.9 Å². The van der Waals surface area contributed by atoms with Gasteiger partial charge in [0.05, 0.1) is 18.4 Å². The van der Waals surface area contributed by atoms with E-state index in [4.69, 9.17) is 14.7 Å². The topological polar surface area (TPSA) is 170 Å². The number of hydrogen-bond acceptors (Lipinski definition) is 11. The maximum atomic E-state index is 13.4. The summed E-state index contributed by atoms with van der Waals surface area (Å²) in [5.74, 6) is -2.34. The fourth-order valence-corrected chi connectivity index (χ4v) is 8.14. The number of anilines is 2. The largest absolute Gasteiger partial charge is 0.490 e. The number of urea groups is 1. The van der Waals surface area contributed by atoms with Crippen LogP contribution in [0.15, 0.2) is 67.0 Å². The summed E-state index contributed by atoms with van der Waals surface area (Å²) < 4.78 is 46.4. The van der Waals surface area contributed by atoms with E-state index in [1.54, 1.807) is 11.5 Å².